The second kappa shape index (κ2) is 8.60. The summed E-state index contributed by atoms with van der Waals surface area (Å²) in [7, 11) is 0. The van der Waals surface area contributed by atoms with Crippen molar-refractivity contribution in [3.63, 3.8) is 0 Å². The van der Waals surface area contributed by atoms with Crippen molar-refractivity contribution in [2.75, 3.05) is 57.3 Å². The molecule has 5 rings (SSSR count). The van der Waals surface area contributed by atoms with Gasteiger partial charge in [-0.2, -0.15) is 0 Å². The number of anilines is 1. The summed E-state index contributed by atoms with van der Waals surface area (Å²) >= 11 is 0. The Hall–Kier alpha value is -2.30. The number of hydrogen-bond acceptors (Lipinski definition) is 3. The first-order valence-corrected chi connectivity index (χ1v) is 11.2. The minimum Gasteiger partial charge on any atom is -0.369 e. The quantitative estimate of drug-likeness (QED) is 0.710. The van der Waals surface area contributed by atoms with Crippen LogP contribution in [0.2, 0.25) is 0 Å². The molecule has 2 aliphatic rings. The van der Waals surface area contributed by atoms with Gasteiger partial charge in [0.25, 0.3) is 0 Å². The highest BCUT2D eigenvalue weighted by atomic mass is 15.3. The molecule has 0 spiro atoms. The van der Waals surface area contributed by atoms with E-state index >= 15 is 0 Å². The fourth-order valence-electron chi connectivity index (χ4n) is 5.05. The molecule has 4 nitrogen and oxygen atoms in total. The number of piperazine rings is 1. The summed E-state index contributed by atoms with van der Waals surface area (Å²) in [5.41, 5.74) is 4.17. The number of piperidine rings is 1. The number of benzene rings is 2. The lowest BCUT2D eigenvalue weighted by molar-refractivity contribution is 0.169. The van der Waals surface area contributed by atoms with E-state index in [-0.39, 0.29) is 0 Å². The summed E-state index contributed by atoms with van der Waals surface area (Å²) in [6.45, 7) is 9.54. The van der Waals surface area contributed by atoms with Gasteiger partial charge >= 0.3 is 0 Å². The highest BCUT2D eigenvalue weighted by Crippen LogP contribution is 2.33. The minimum absolute atomic E-state index is 0.705. The molecule has 4 heteroatoms. The van der Waals surface area contributed by atoms with Crippen LogP contribution in [-0.4, -0.2) is 67.1 Å². The number of nitrogens with zero attached hydrogens (tertiary/aromatic N) is 3. The summed E-state index contributed by atoms with van der Waals surface area (Å²) < 4.78 is 0. The van der Waals surface area contributed by atoms with Crippen LogP contribution < -0.4 is 4.90 Å². The second-order valence-electron chi connectivity index (χ2n) is 8.57. The van der Waals surface area contributed by atoms with E-state index < -0.39 is 0 Å². The predicted octanol–water partition coefficient (Wildman–Crippen LogP) is 4.17. The van der Waals surface area contributed by atoms with Crippen LogP contribution in [0.4, 0.5) is 5.69 Å². The molecule has 1 N–H and O–H groups in total. The Kier molecular flexibility index (Phi) is 5.55. The van der Waals surface area contributed by atoms with Crippen molar-refractivity contribution in [3.05, 3.63) is 66.4 Å². The first-order valence-electron chi connectivity index (χ1n) is 11.2. The Balaban J connectivity index is 1.07. The number of nitrogens with one attached hydrogen (secondary N) is 1. The summed E-state index contributed by atoms with van der Waals surface area (Å²) in [6.07, 6.45) is 4.81. The van der Waals surface area contributed by atoms with Crippen molar-refractivity contribution in [2.24, 2.45) is 0 Å². The number of fused-ring (bicyclic) bond motifs is 1. The SMILES string of the molecule is c1ccc(N2CCN(CCN3CCC(c4c[nH]c5ccccc45)CC3)CC2)cc1. The molecule has 2 aromatic carbocycles. The van der Waals surface area contributed by atoms with E-state index in [0.717, 1.165) is 13.1 Å². The summed E-state index contributed by atoms with van der Waals surface area (Å²) in [5.74, 6) is 0.705. The fourth-order valence-corrected chi connectivity index (χ4v) is 5.05. The topological polar surface area (TPSA) is 25.5 Å². The molecule has 3 aromatic rings. The first kappa shape index (κ1) is 18.7. The summed E-state index contributed by atoms with van der Waals surface area (Å²) in [6, 6.07) is 19.6. The van der Waals surface area contributed by atoms with E-state index in [1.165, 1.54) is 74.3 Å². The van der Waals surface area contributed by atoms with Crippen LogP contribution in [0.3, 0.4) is 0 Å². The molecule has 2 saturated heterocycles. The van der Waals surface area contributed by atoms with E-state index in [2.05, 4.69) is 80.5 Å². The Labute approximate surface area is 174 Å². The molecule has 2 fully saturated rings. The van der Waals surface area contributed by atoms with Gasteiger partial charge in [0.1, 0.15) is 0 Å². The number of aromatic amines is 1. The minimum atomic E-state index is 0.705. The zero-order valence-electron chi connectivity index (χ0n) is 17.3. The number of H-pyrrole nitrogens is 1. The van der Waals surface area contributed by atoms with Gasteiger partial charge < -0.3 is 14.8 Å². The van der Waals surface area contributed by atoms with Gasteiger partial charge in [0.2, 0.25) is 0 Å². The zero-order valence-corrected chi connectivity index (χ0v) is 17.3. The molecule has 0 radical (unpaired) electrons. The maximum Gasteiger partial charge on any atom is 0.0456 e. The molecule has 0 unspecified atom stereocenters. The van der Waals surface area contributed by atoms with Gasteiger partial charge in [0.05, 0.1) is 0 Å². The van der Waals surface area contributed by atoms with Crippen molar-refractivity contribution in [2.45, 2.75) is 18.8 Å². The third kappa shape index (κ3) is 4.19. The third-order valence-corrected chi connectivity index (χ3v) is 6.87. The zero-order chi connectivity index (χ0) is 19.5. The molecule has 2 aliphatic heterocycles. The number of para-hydroxylation sites is 2. The van der Waals surface area contributed by atoms with E-state index in [4.69, 9.17) is 0 Å². The highest BCUT2D eigenvalue weighted by molar-refractivity contribution is 5.83. The van der Waals surface area contributed by atoms with Crippen molar-refractivity contribution >= 4 is 16.6 Å². The van der Waals surface area contributed by atoms with Crippen LogP contribution in [0.25, 0.3) is 10.9 Å². The van der Waals surface area contributed by atoms with Crippen molar-refractivity contribution in [3.8, 4) is 0 Å². The molecule has 0 bridgehead atoms. The predicted molar refractivity (Wildman–Crippen MR) is 122 cm³/mol. The lowest BCUT2D eigenvalue weighted by Gasteiger charge is -2.38. The molecule has 29 heavy (non-hydrogen) atoms. The van der Waals surface area contributed by atoms with Gasteiger partial charge in [-0.25, -0.2) is 0 Å². The van der Waals surface area contributed by atoms with E-state index in [0.29, 0.717) is 5.92 Å². The van der Waals surface area contributed by atoms with Gasteiger partial charge in [-0.15, -0.1) is 0 Å². The molecule has 0 aliphatic carbocycles. The number of aromatic nitrogens is 1. The Morgan fingerprint density at radius 1 is 0.724 bits per heavy atom. The van der Waals surface area contributed by atoms with Crippen LogP contribution in [0.15, 0.2) is 60.8 Å². The number of likely N-dealkylation sites (tertiary alicyclic amines) is 1. The van der Waals surface area contributed by atoms with Crippen molar-refractivity contribution in [1.82, 2.24) is 14.8 Å². The Morgan fingerprint density at radius 3 is 2.14 bits per heavy atom. The van der Waals surface area contributed by atoms with Crippen molar-refractivity contribution in [1.29, 1.82) is 0 Å². The monoisotopic (exact) mass is 388 g/mol. The van der Waals surface area contributed by atoms with Crippen LogP contribution in [0.1, 0.15) is 24.3 Å². The molecular weight excluding hydrogens is 356 g/mol. The maximum absolute atomic E-state index is 3.46. The van der Waals surface area contributed by atoms with Gasteiger partial charge in [-0.3, -0.25) is 4.90 Å². The van der Waals surface area contributed by atoms with Gasteiger partial charge in [0, 0.05) is 62.1 Å². The molecular formula is C25H32N4. The smallest absolute Gasteiger partial charge is 0.0456 e. The second-order valence-corrected chi connectivity index (χ2v) is 8.57. The van der Waals surface area contributed by atoms with E-state index in [1.807, 2.05) is 0 Å². The van der Waals surface area contributed by atoms with Crippen LogP contribution in [0, 0.1) is 0 Å². The van der Waals surface area contributed by atoms with E-state index in [9.17, 15) is 0 Å². The average Bonchev–Trinajstić information content (AvgIpc) is 3.23. The Morgan fingerprint density at radius 2 is 1.38 bits per heavy atom. The van der Waals surface area contributed by atoms with Crippen LogP contribution in [0.5, 0.6) is 0 Å². The largest absolute Gasteiger partial charge is 0.369 e. The van der Waals surface area contributed by atoms with E-state index in [1.54, 1.807) is 0 Å². The normalized spacial score (nSPS) is 19.8. The van der Waals surface area contributed by atoms with Crippen molar-refractivity contribution < 1.29 is 0 Å². The molecule has 0 atom stereocenters. The lowest BCUT2D eigenvalue weighted by Crippen LogP contribution is -2.49. The van der Waals surface area contributed by atoms with Gasteiger partial charge in [-0.05, 0) is 55.6 Å². The number of hydrogen-bond donors (Lipinski definition) is 1. The van der Waals surface area contributed by atoms with Crippen LogP contribution >= 0.6 is 0 Å². The molecule has 1 aromatic heterocycles. The molecule has 0 saturated carbocycles. The Bertz CT molecular complexity index is 903. The molecule has 0 amide bonds. The highest BCUT2D eigenvalue weighted by Gasteiger charge is 2.23. The third-order valence-electron chi connectivity index (χ3n) is 6.87. The molecule has 3 heterocycles. The number of rotatable bonds is 5. The van der Waals surface area contributed by atoms with Gasteiger partial charge in [0.15, 0.2) is 0 Å². The van der Waals surface area contributed by atoms with Crippen LogP contribution in [-0.2, 0) is 0 Å². The summed E-state index contributed by atoms with van der Waals surface area (Å²) in [5, 5.41) is 1.42. The maximum atomic E-state index is 3.46. The first-order chi connectivity index (χ1) is 14.4. The summed E-state index contributed by atoms with van der Waals surface area (Å²) in [4.78, 5) is 11.3. The van der Waals surface area contributed by atoms with Gasteiger partial charge in [-0.1, -0.05) is 36.4 Å². The fraction of sp³-hybridized carbons (Fsp3) is 0.440. The molecule has 152 valence electrons. The average molecular weight is 389 g/mol. The standard InChI is InChI=1S/C25H32N4/c1-2-6-22(7-3-1)29-18-16-28(17-19-29)15-14-27-12-10-21(11-13-27)24-20-26-25-9-5-4-8-23(24)25/h1-9,20-21,26H,10-19H2. The lowest BCUT2D eigenvalue weighted by atomic mass is 9.89.